The smallest absolute Gasteiger partial charge is 0.305 e. The van der Waals surface area contributed by atoms with Crippen LogP contribution in [0.1, 0.15) is 46.6 Å². The van der Waals surface area contributed by atoms with Gasteiger partial charge in [-0.2, -0.15) is 0 Å². The highest BCUT2D eigenvalue weighted by Crippen LogP contribution is 2.28. The van der Waals surface area contributed by atoms with Gasteiger partial charge in [0.25, 0.3) is 0 Å². The van der Waals surface area contributed by atoms with Gasteiger partial charge in [0.2, 0.25) is 0 Å². The molecule has 19 heavy (non-hydrogen) atoms. The second-order valence-corrected chi connectivity index (χ2v) is 6.74. The molecule has 0 amide bonds. The largest absolute Gasteiger partial charge is 0.481 e. The van der Waals surface area contributed by atoms with E-state index in [-0.39, 0.29) is 11.8 Å². The molecule has 0 saturated carbocycles. The average molecular weight is 263 g/mol. The van der Waals surface area contributed by atoms with Gasteiger partial charge in [-0.05, 0) is 37.0 Å². The van der Waals surface area contributed by atoms with E-state index in [1.54, 1.807) is 0 Å². The Morgan fingerprint density at radius 2 is 1.58 bits per heavy atom. The SMILES string of the molecule is CN(c1ccc(C(C)(C)C)cc1)C(C)(C)CC(=O)O. The normalized spacial score (nSPS) is 12.3. The van der Waals surface area contributed by atoms with Crippen molar-refractivity contribution in [1.82, 2.24) is 0 Å². The van der Waals surface area contributed by atoms with Gasteiger partial charge in [0.05, 0.1) is 6.42 Å². The summed E-state index contributed by atoms with van der Waals surface area (Å²) in [5, 5.41) is 8.97. The van der Waals surface area contributed by atoms with E-state index in [1.807, 2.05) is 25.8 Å². The lowest BCUT2D eigenvalue weighted by Crippen LogP contribution is -2.43. The summed E-state index contributed by atoms with van der Waals surface area (Å²) in [5.74, 6) is -0.775. The van der Waals surface area contributed by atoms with Crippen molar-refractivity contribution in [2.45, 2.75) is 52.0 Å². The van der Waals surface area contributed by atoms with Gasteiger partial charge in [-0.15, -0.1) is 0 Å². The first-order valence-corrected chi connectivity index (χ1v) is 6.60. The molecule has 1 rings (SSSR count). The zero-order valence-electron chi connectivity index (χ0n) is 12.8. The van der Waals surface area contributed by atoms with Crippen LogP contribution in [0.25, 0.3) is 0 Å². The fourth-order valence-electron chi connectivity index (χ4n) is 2.02. The van der Waals surface area contributed by atoms with Crippen molar-refractivity contribution in [1.29, 1.82) is 0 Å². The molecule has 0 aliphatic rings. The highest BCUT2D eigenvalue weighted by atomic mass is 16.4. The minimum atomic E-state index is -0.775. The fraction of sp³-hybridized carbons (Fsp3) is 0.562. The number of hydrogen-bond acceptors (Lipinski definition) is 2. The molecular formula is C16H25NO2. The van der Waals surface area contributed by atoms with Crippen LogP contribution in [0.5, 0.6) is 0 Å². The first-order valence-electron chi connectivity index (χ1n) is 6.60. The van der Waals surface area contributed by atoms with Gasteiger partial charge in [0.15, 0.2) is 0 Å². The third kappa shape index (κ3) is 3.98. The van der Waals surface area contributed by atoms with E-state index in [0.29, 0.717) is 0 Å². The molecule has 0 atom stereocenters. The molecule has 1 N–H and O–H groups in total. The Hall–Kier alpha value is -1.51. The Balaban J connectivity index is 2.95. The van der Waals surface area contributed by atoms with Crippen LogP contribution >= 0.6 is 0 Å². The van der Waals surface area contributed by atoms with Gasteiger partial charge >= 0.3 is 5.97 Å². The highest BCUT2D eigenvalue weighted by Gasteiger charge is 2.27. The van der Waals surface area contributed by atoms with Gasteiger partial charge in [0, 0.05) is 18.3 Å². The minimum Gasteiger partial charge on any atom is -0.481 e. The zero-order chi connectivity index (χ0) is 14.8. The molecule has 0 heterocycles. The summed E-state index contributed by atoms with van der Waals surface area (Å²) >= 11 is 0. The molecular weight excluding hydrogens is 238 g/mol. The van der Waals surface area contributed by atoms with Gasteiger partial charge < -0.3 is 10.0 Å². The minimum absolute atomic E-state index is 0.116. The predicted molar refractivity (Wildman–Crippen MR) is 79.9 cm³/mol. The Morgan fingerprint density at radius 1 is 1.11 bits per heavy atom. The molecule has 0 saturated heterocycles. The van der Waals surface area contributed by atoms with Crippen molar-refractivity contribution in [2.75, 3.05) is 11.9 Å². The van der Waals surface area contributed by atoms with Crippen LogP contribution in [0, 0.1) is 0 Å². The summed E-state index contributed by atoms with van der Waals surface area (Å²) < 4.78 is 0. The molecule has 3 heteroatoms. The van der Waals surface area contributed by atoms with Gasteiger partial charge in [0.1, 0.15) is 0 Å². The van der Waals surface area contributed by atoms with Crippen molar-refractivity contribution in [2.24, 2.45) is 0 Å². The molecule has 1 aromatic rings. The average Bonchev–Trinajstić information content (AvgIpc) is 2.25. The number of aliphatic carboxylic acids is 1. The number of carbonyl (C=O) groups is 1. The lowest BCUT2D eigenvalue weighted by molar-refractivity contribution is -0.138. The summed E-state index contributed by atoms with van der Waals surface area (Å²) in [5.41, 5.74) is 2.04. The quantitative estimate of drug-likeness (QED) is 0.901. The molecule has 0 radical (unpaired) electrons. The number of carboxylic acids is 1. The maximum atomic E-state index is 10.9. The van der Waals surface area contributed by atoms with Crippen LogP contribution in [-0.2, 0) is 10.2 Å². The monoisotopic (exact) mass is 263 g/mol. The van der Waals surface area contributed by atoms with E-state index < -0.39 is 11.5 Å². The first kappa shape index (κ1) is 15.5. The molecule has 1 aromatic carbocycles. The molecule has 3 nitrogen and oxygen atoms in total. The Morgan fingerprint density at radius 3 is 1.95 bits per heavy atom. The van der Waals surface area contributed by atoms with Gasteiger partial charge in [-0.1, -0.05) is 32.9 Å². The Kier molecular flexibility index (Phi) is 4.28. The second-order valence-electron chi connectivity index (χ2n) is 6.74. The van der Waals surface area contributed by atoms with Crippen molar-refractivity contribution in [3.63, 3.8) is 0 Å². The maximum absolute atomic E-state index is 10.9. The highest BCUT2D eigenvalue weighted by molar-refractivity contribution is 5.69. The molecule has 0 aliphatic carbocycles. The molecule has 0 fully saturated rings. The summed E-state index contributed by atoms with van der Waals surface area (Å²) in [6.07, 6.45) is 0.116. The maximum Gasteiger partial charge on any atom is 0.305 e. The fourth-order valence-corrected chi connectivity index (χ4v) is 2.02. The Labute approximate surface area is 116 Å². The van der Waals surface area contributed by atoms with Gasteiger partial charge in [-0.3, -0.25) is 4.79 Å². The van der Waals surface area contributed by atoms with Crippen LogP contribution < -0.4 is 4.90 Å². The van der Waals surface area contributed by atoms with Crippen LogP contribution in [0.15, 0.2) is 24.3 Å². The number of benzene rings is 1. The summed E-state index contributed by atoms with van der Waals surface area (Å²) in [6, 6.07) is 8.35. The van der Waals surface area contributed by atoms with E-state index in [0.717, 1.165) is 5.69 Å². The number of nitrogens with zero attached hydrogens (tertiary/aromatic N) is 1. The second kappa shape index (κ2) is 5.24. The van der Waals surface area contributed by atoms with E-state index >= 15 is 0 Å². The molecule has 106 valence electrons. The number of carboxylic acid groups (broad SMARTS) is 1. The molecule has 0 unspecified atom stereocenters. The van der Waals surface area contributed by atoms with E-state index in [9.17, 15) is 4.79 Å². The van der Waals surface area contributed by atoms with E-state index in [1.165, 1.54) is 5.56 Å². The number of anilines is 1. The lowest BCUT2D eigenvalue weighted by Gasteiger charge is -2.36. The van der Waals surface area contributed by atoms with Crippen molar-refractivity contribution < 1.29 is 9.90 Å². The predicted octanol–water partition coefficient (Wildman–Crippen LogP) is 3.67. The summed E-state index contributed by atoms with van der Waals surface area (Å²) in [6.45, 7) is 10.4. The summed E-state index contributed by atoms with van der Waals surface area (Å²) in [7, 11) is 1.94. The number of hydrogen-bond donors (Lipinski definition) is 1. The molecule has 0 bridgehead atoms. The topological polar surface area (TPSA) is 40.5 Å². The van der Waals surface area contributed by atoms with E-state index in [4.69, 9.17) is 5.11 Å². The zero-order valence-corrected chi connectivity index (χ0v) is 12.8. The van der Waals surface area contributed by atoms with Crippen molar-refractivity contribution >= 4 is 11.7 Å². The Bertz CT molecular complexity index is 441. The van der Waals surface area contributed by atoms with Gasteiger partial charge in [-0.25, -0.2) is 0 Å². The molecule has 0 spiro atoms. The molecule has 0 aliphatic heterocycles. The summed E-state index contributed by atoms with van der Waals surface area (Å²) in [4.78, 5) is 12.9. The van der Waals surface area contributed by atoms with Crippen molar-refractivity contribution in [3.05, 3.63) is 29.8 Å². The van der Waals surface area contributed by atoms with Crippen LogP contribution in [0.2, 0.25) is 0 Å². The van der Waals surface area contributed by atoms with Crippen LogP contribution in [-0.4, -0.2) is 23.7 Å². The van der Waals surface area contributed by atoms with E-state index in [2.05, 4.69) is 45.0 Å². The van der Waals surface area contributed by atoms with Crippen LogP contribution in [0.3, 0.4) is 0 Å². The first-order chi connectivity index (χ1) is 8.54. The number of rotatable bonds is 4. The van der Waals surface area contributed by atoms with Crippen molar-refractivity contribution in [3.8, 4) is 0 Å². The third-order valence-electron chi connectivity index (χ3n) is 3.61. The van der Waals surface area contributed by atoms with Crippen LogP contribution in [0.4, 0.5) is 5.69 Å². The lowest BCUT2D eigenvalue weighted by atomic mass is 9.87. The third-order valence-corrected chi connectivity index (χ3v) is 3.61. The standard InChI is InChI=1S/C16H25NO2/c1-15(2,3)12-7-9-13(10-8-12)17(6)16(4,5)11-14(18)19/h7-10H,11H2,1-6H3,(H,18,19). The molecule has 0 aromatic heterocycles.